The van der Waals surface area contributed by atoms with Gasteiger partial charge in [-0.1, -0.05) is 50.4 Å². The van der Waals surface area contributed by atoms with Crippen LogP contribution in [0.1, 0.15) is 51.5 Å². The van der Waals surface area contributed by atoms with Crippen LogP contribution in [0.15, 0.2) is 18.2 Å². The molecule has 1 aromatic rings. The Morgan fingerprint density at radius 3 is 2.81 bits per heavy atom. The summed E-state index contributed by atoms with van der Waals surface area (Å²) in [7, 11) is 2.20. The second-order valence-electron chi connectivity index (χ2n) is 6.66. The van der Waals surface area contributed by atoms with Crippen molar-refractivity contribution in [2.75, 3.05) is 11.9 Å². The lowest BCUT2D eigenvalue weighted by Crippen LogP contribution is -2.36. The predicted molar refractivity (Wildman–Crippen MR) is 93.2 cm³/mol. The average molecular weight is 309 g/mol. The summed E-state index contributed by atoms with van der Waals surface area (Å²) in [5.74, 6) is 0.815. The summed E-state index contributed by atoms with van der Waals surface area (Å²) in [5.41, 5.74) is 8.65. The van der Waals surface area contributed by atoms with Crippen LogP contribution in [-0.2, 0) is 6.42 Å². The van der Waals surface area contributed by atoms with Crippen molar-refractivity contribution >= 4 is 17.3 Å². The van der Waals surface area contributed by atoms with Gasteiger partial charge in [-0.25, -0.2) is 0 Å². The molecule has 0 saturated heterocycles. The molecule has 0 heterocycles. The minimum atomic E-state index is 0.209. The molecule has 0 aliphatic heterocycles. The molecule has 1 aliphatic carbocycles. The molecule has 0 radical (unpaired) electrons. The monoisotopic (exact) mass is 308 g/mol. The minimum Gasteiger partial charge on any atom is -0.370 e. The molecule has 0 bridgehead atoms. The first kappa shape index (κ1) is 16.6. The third-order valence-electron chi connectivity index (χ3n) is 4.89. The topological polar surface area (TPSA) is 29.3 Å². The van der Waals surface area contributed by atoms with Crippen LogP contribution in [0, 0.1) is 5.92 Å². The van der Waals surface area contributed by atoms with Crippen molar-refractivity contribution in [1.82, 2.24) is 0 Å². The summed E-state index contributed by atoms with van der Waals surface area (Å²) in [6.45, 7) is 4.50. The Morgan fingerprint density at radius 1 is 1.38 bits per heavy atom. The van der Waals surface area contributed by atoms with Crippen molar-refractivity contribution < 1.29 is 0 Å². The Kier molecular flexibility index (Phi) is 5.95. The van der Waals surface area contributed by atoms with E-state index in [4.69, 9.17) is 17.3 Å². The highest BCUT2D eigenvalue weighted by atomic mass is 35.5. The van der Waals surface area contributed by atoms with Crippen LogP contribution in [0.3, 0.4) is 0 Å². The van der Waals surface area contributed by atoms with Gasteiger partial charge in [0.1, 0.15) is 0 Å². The maximum absolute atomic E-state index is 6.52. The highest BCUT2D eigenvalue weighted by molar-refractivity contribution is 6.33. The zero-order valence-electron chi connectivity index (χ0n) is 13.6. The molecule has 3 heteroatoms. The molecule has 2 N–H and O–H groups in total. The second kappa shape index (κ2) is 7.51. The van der Waals surface area contributed by atoms with Gasteiger partial charge < -0.3 is 10.6 Å². The maximum Gasteiger partial charge on any atom is 0.0642 e. The van der Waals surface area contributed by atoms with E-state index < -0.39 is 0 Å². The summed E-state index contributed by atoms with van der Waals surface area (Å²) in [4.78, 5) is 2.41. The Bertz CT molecular complexity index is 461. The summed E-state index contributed by atoms with van der Waals surface area (Å²) in [5, 5.41) is 0.858. The summed E-state index contributed by atoms with van der Waals surface area (Å²) < 4.78 is 0. The highest BCUT2D eigenvalue weighted by Gasteiger charge is 2.25. The van der Waals surface area contributed by atoms with E-state index >= 15 is 0 Å². The number of rotatable bonds is 5. The van der Waals surface area contributed by atoms with E-state index in [1.807, 2.05) is 12.1 Å². The molecule has 118 valence electrons. The highest BCUT2D eigenvalue weighted by Crippen LogP contribution is 2.35. The zero-order chi connectivity index (χ0) is 15.4. The minimum absolute atomic E-state index is 0.209. The lowest BCUT2D eigenvalue weighted by Gasteiger charge is -2.37. The van der Waals surface area contributed by atoms with Gasteiger partial charge in [-0.2, -0.15) is 0 Å². The van der Waals surface area contributed by atoms with E-state index in [1.54, 1.807) is 0 Å². The Balaban J connectivity index is 2.24. The van der Waals surface area contributed by atoms with Crippen LogP contribution in [0.4, 0.5) is 5.69 Å². The first-order valence-corrected chi connectivity index (χ1v) is 8.66. The third-order valence-corrected chi connectivity index (χ3v) is 5.19. The summed E-state index contributed by atoms with van der Waals surface area (Å²) in [6.07, 6.45) is 7.12. The molecule has 3 atom stereocenters. The summed E-state index contributed by atoms with van der Waals surface area (Å²) >= 11 is 6.52. The van der Waals surface area contributed by atoms with E-state index in [1.165, 1.54) is 36.9 Å². The molecule has 1 aromatic carbocycles. The Hall–Kier alpha value is -0.730. The molecule has 1 fully saturated rings. The van der Waals surface area contributed by atoms with Crippen LogP contribution < -0.4 is 10.6 Å². The van der Waals surface area contributed by atoms with Crippen LogP contribution in [-0.4, -0.2) is 19.1 Å². The van der Waals surface area contributed by atoms with Gasteiger partial charge in [0.15, 0.2) is 0 Å². The van der Waals surface area contributed by atoms with Gasteiger partial charge in [-0.05, 0) is 43.2 Å². The fraction of sp³-hybridized carbons (Fsp3) is 0.667. The molecule has 0 aromatic heterocycles. The van der Waals surface area contributed by atoms with E-state index in [0.29, 0.717) is 6.04 Å². The standard InChI is InChI=1S/C18H29ClN2/c1-4-15(20)12-14-8-6-10-17(19)18(14)21(3)16-9-5-7-13(2)11-16/h6,8,10,13,15-16H,4-5,7,9,11-12,20H2,1-3H3. The molecule has 0 spiro atoms. The quantitative estimate of drug-likeness (QED) is 0.859. The van der Waals surface area contributed by atoms with E-state index in [0.717, 1.165) is 23.8 Å². The lowest BCUT2D eigenvalue weighted by atomic mass is 9.86. The van der Waals surface area contributed by atoms with Gasteiger partial charge in [0.05, 0.1) is 10.7 Å². The zero-order valence-corrected chi connectivity index (χ0v) is 14.4. The Morgan fingerprint density at radius 2 is 2.14 bits per heavy atom. The van der Waals surface area contributed by atoms with Gasteiger partial charge in [-0.3, -0.25) is 0 Å². The molecule has 21 heavy (non-hydrogen) atoms. The van der Waals surface area contributed by atoms with Crippen LogP contribution in [0.5, 0.6) is 0 Å². The summed E-state index contributed by atoms with van der Waals surface area (Å²) in [6, 6.07) is 7.03. The molecular weight excluding hydrogens is 280 g/mol. The fourth-order valence-electron chi connectivity index (χ4n) is 3.48. The fourth-order valence-corrected chi connectivity index (χ4v) is 3.81. The SMILES string of the molecule is CCC(N)Cc1cccc(Cl)c1N(C)C1CCCC(C)C1. The normalized spacial score (nSPS) is 23.9. The van der Waals surface area contributed by atoms with Gasteiger partial charge >= 0.3 is 0 Å². The van der Waals surface area contributed by atoms with Crippen molar-refractivity contribution in [3.05, 3.63) is 28.8 Å². The van der Waals surface area contributed by atoms with Gasteiger partial charge in [0.2, 0.25) is 0 Å². The van der Waals surface area contributed by atoms with Crippen LogP contribution >= 0.6 is 11.6 Å². The van der Waals surface area contributed by atoms with Crippen LogP contribution in [0.2, 0.25) is 5.02 Å². The molecule has 1 aliphatic rings. The van der Waals surface area contributed by atoms with Gasteiger partial charge in [0.25, 0.3) is 0 Å². The van der Waals surface area contributed by atoms with Crippen molar-refractivity contribution in [2.24, 2.45) is 11.7 Å². The first-order chi connectivity index (χ1) is 10.0. The van der Waals surface area contributed by atoms with Gasteiger partial charge in [-0.15, -0.1) is 0 Å². The maximum atomic E-state index is 6.52. The first-order valence-electron chi connectivity index (χ1n) is 8.28. The smallest absolute Gasteiger partial charge is 0.0642 e. The number of hydrogen-bond acceptors (Lipinski definition) is 2. The van der Waals surface area contributed by atoms with Crippen molar-refractivity contribution in [3.8, 4) is 0 Å². The molecule has 1 saturated carbocycles. The molecule has 0 amide bonds. The lowest BCUT2D eigenvalue weighted by molar-refractivity contribution is 0.336. The average Bonchev–Trinajstić information content (AvgIpc) is 2.46. The number of anilines is 1. The molecule has 2 rings (SSSR count). The molecule has 2 nitrogen and oxygen atoms in total. The van der Waals surface area contributed by atoms with E-state index in [2.05, 4.69) is 31.9 Å². The molecular formula is C18H29ClN2. The van der Waals surface area contributed by atoms with Crippen molar-refractivity contribution in [1.29, 1.82) is 0 Å². The Labute approximate surface area is 134 Å². The number of para-hydroxylation sites is 1. The predicted octanol–water partition coefficient (Wildman–Crippen LogP) is 4.63. The van der Waals surface area contributed by atoms with Crippen LogP contribution in [0.25, 0.3) is 0 Å². The van der Waals surface area contributed by atoms with Crippen molar-refractivity contribution in [2.45, 2.75) is 64.5 Å². The largest absolute Gasteiger partial charge is 0.370 e. The number of nitrogens with zero attached hydrogens (tertiary/aromatic N) is 1. The number of hydrogen-bond donors (Lipinski definition) is 1. The van der Waals surface area contributed by atoms with Crippen molar-refractivity contribution in [3.63, 3.8) is 0 Å². The number of benzene rings is 1. The van der Waals surface area contributed by atoms with E-state index in [9.17, 15) is 0 Å². The number of nitrogens with two attached hydrogens (primary N) is 1. The van der Waals surface area contributed by atoms with E-state index in [-0.39, 0.29) is 6.04 Å². The van der Waals surface area contributed by atoms with Gasteiger partial charge in [0, 0.05) is 19.1 Å². The second-order valence-corrected chi connectivity index (χ2v) is 7.06. The number of halogens is 1. The third kappa shape index (κ3) is 4.14. The molecule has 3 unspecified atom stereocenters.